The van der Waals surface area contributed by atoms with Gasteiger partial charge in [0.1, 0.15) is 12.2 Å². The van der Waals surface area contributed by atoms with Crippen molar-refractivity contribution < 1.29 is 29.0 Å². The van der Waals surface area contributed by atoms with Crippen LogP contribution >= 0.6 is 0 Å². The van der Waals surface area contributed by atoms with Crippen LogP contribution in [0.3, 0.4) is 0 Å². The maximum atomic E-state index is 13.8. The molecule has 8 nitrogen and oxygen atoms in total. The minimum Gasteiger partial charge on any atom is -0.447 e. The van der Waals surface area contributed by atoms with Crippen LogP contribution in [0, 0.1) is 11.8 Å². The van der Waals surface area contributed by atoms with Crippen molar-refractivity contribution in [1.82, 2.24) is 9.80 Å². The van der Waals surface area contributed by atoms with Gasteiger partial charge in [0.15, 0.2) is 0 Å². The third-order valence-corrected chi connectivity index (χ3v) is 6.27. The molecule has 1 saturated heterocycles. The standard InChI is InChI=1S/C29H38N2O6/c1-20(2)24-19-36-28(35)31(24)26(33)23(16-21-12-8-6-9-13-21)25(32)18-30(27(34)37-29(3,4)5)17-22-14-10-7-11-15-22/h6-15,20,23-25,32H,16-19H2,1-5H3/t23-,24+,25+/m0/s1. The molecule has 0 saturated carbocycles. The van der Waals surface area contributed by atoms with Crippen molar-refractivity contribution in [2.45, 2.75) is 65.3 Å². The Bertz CT molecular complexity index is 1050. The molecule has 1 fully saturated rings. The highest BCUT2D eigenvalue weighted by atomic mass is 16.6. The van der Waals surface area contributed by atoms with Gasteiger partial charge in [-0.3, -0.25) is 4.79 Å². The van der Waals surface area contributed by atoms with Crippen LogP contribution in [0.25, 0.3) is 0 Å². The third-order valence-electron chi connectivity index (χ3n) is 6.27. The molecule has 1 aliphatic heterocycles. The van der Waals surface area contributed by atoms with Crippen molar-refractivity contribution in [2.24, 2.45) is 11.8 Å². The van der Waals surface area contributed by atoms with E-state index in [1.54, 1.807) is 20.8 Å². The van der Waals surface area contributed by atoms with Crippen molar-refractivity contribution in [2.75, 3.05) is 13.2 Å². The second-order valence-electron chi connectivity index (χ2n) is 10.8. The van der Waals surface area contributed by atoms with E-state index in [-0.39, 0.29) is 32.0 Å². The lowest BCUT2D eigenvalue weighted by atomic mass is 9.91. The molecule has 1 heterocycles. The number of cyclic esters (lactones) is 1. The molecule has 3 amide bonds. The molecule has 0 aromatic heterocycles. The molecule has 1 aliphatic rings. The van der Waals surface area contributed by atoms with Gasteiger partial charge in [-0.15, -0.1) is 0 Å². The van der Waals surface area contributed by atoms with E-state index >= 15 is 0 Å². The lowest BCUT2D eigenvalue weighted by molar-refractivity contribution is -0.138. The largest absolute Gasteiger partial charge is 0.447 e. The van der Waals surface area contributed by atoms with Gasteiger partial charge >= 0.3 is 12.2 Å². The van der Waals surface area contributed by atoms with Gasteiger partial charge in [0.2, 0.25) is 5.91 Å². The second-order valence-corrected chi connectivity index (χ2v) is 10.8. The predicted molar refractivity (Wildman–Crippen MR) is 140 cm³/mol. The number of carbonyl (C=O) groups excluding carboxylic acids is 3. The number of nitrogens with zero attached hydrogens (tertiary/aromatic N) is 2. The number of rotatable bonds is 9. The predicted octanol–water partition coefficient (Wildman–Crippen LogP) is 4.65. The molecule has 3 atom stereocenters. The Hall–Kier alpha value is -3.39. The molecule has 37 heavy (non-hydrogen) atoms. The van der Waals surface area contributed by atoms with Crippen LogP contribution in [-0.4, -0.2) is 63.9 Å². The third kappa shape index (κ3) is 7.79. The van der Waals surface area contributed by atoms with Crippen LogP contribution in [0.4, 0.5) is 9.59 Å². The molecule has 1 N–H and O–H groups in total. The van der Waals surface area contributed by atoms with Crippen molar-refractivity contribution in [3.8, 4) is 0 Å². The summed E-state index contributed by atoms with van der Waals surface area (Å²) in [7, 11) is 0. The van der Waals surface area contributed by atoms with Crippen molar-refractivity contribution in [1.29, 1.82) is 0 Å². The lowest BCUT2D eigenvalue weighted by Crippen LogP contribution is -2.51. The van der Waals surface area contributed by atoms with E-state index in [0.717, 1.165) is 16.0 Å². The number of aliphatic hydroxyl groups is 1. The van der Waals surface area contributed by atoms with Gasteiger partial charge in [-0.1, -0.05) is 74.5 Å². The quantitative estimate of drug-likeness (QED) is 0.528. The number of ether oxygens (including phenoxy) is 2. The average molecular weight is 511 g/mol. The first-order valence-electron chi connectivity index (χ1n) is 12.7. The maximum absolute atomic E-state index is 13.8. The molecular weight excluding hydrogens is 472 g/mol. The molecular formula is C29H38N2O6. The maximum Gasteiger partial charge on any atom is 0.416 e. The summed E-state index contributed by atoms with van der Waals surface area (Å²) in [5, 5.41) is 11.5. The van der Waals surface area contributed by atoms with E-state index in [9.17, 15) is 19.5 Å². The fourth-order valence-electron chi connectivity index (χ4n) is 4.30. The molecule has 2 aromatic rings. The van der Waals surface area contributed by atoms with Gasteiger partial charge in [-0.05, 0) is 44.2 Å². The average Bonchev–Trinajstić information content (AvgIpc) is 3.23. The number of amides is 3. The van der Waals surface area contributed by atoms with Gasteiger partial charge in [0.25, 0.3) is 0 Å². The van der Waals surface area contributed by atoms with E-state index in [1.165, 1.54) is 4.90 Å². The fourth-order valence-corrected chi connectivity index (χ4v) is 4.30. The number of carbonyl (C=O) groups is 3. The number of benzene rings is 2. The van der Waals surface area contributed by atoms with Crippen LogP contribution in [0.1, 0.15) is 45.7 Å². The first-order chi connectivity index (χ1) is 17.5. The summed E-state index contributed by atoms with van der Waals surface area (Å²) < 4.78 is 10.8. The first-order valence-corrected chi connectivity index (χ1v) is 12.7. The van der Waals surface area contributed by atoms with Gasteiger partial charge < -0.3 is 19.5 Å². The zero-order valence-corrected chi connectivity index (χ0v) is 22.3. The summed E-state index contributed by atoms with van der Waals surface area (Å²) >= 11 is 0. The normalized spacial score (nSPS) is 17.3. The van der Waals surface area contributed by atoms with Gasteiger partial charge in [0, 0.05) is 6.54 Å². The second kappa shape index (κ2) is 12.2. The molecule has 200 valence electrons. The van der Waals surface area contributed by atoms with Gasteiger partial charge in [-0.25, -0.2) is 14.5 Å². The Morgan fingerprint density at radius 1 is 1.05 bits per heavy atom. The summed E-state index contributed by atoms with van der Waals surface area (Å²) in [6.45, 7) is 9.31. The topological polar surface area (TPSA) is 96.4 Å². The summed E-state index contributed by atoms with van der Waals surface area (Å²) in [5.41, 5.74) is 0.954. The molecule has 2 aromatic carbocycles. The minimum absolute atomic E-state index is 0.0127. The zero-order valence-electron chi connectivity index (χ0n) is 22.3. The Morgan fingerprint density at radius 3 is 2.16 bits per heavy atom. The van der Waals surface area contributed by atoms with Crippen LogP contribution in [0.5, 0.6) is 0 Å². The van der Waals surface area contributed by atoms with Crippen LogP contribution in [0.2, 0.25) is 0 Å². The summed E-state index contributed by atoms with van der Waals surface area (Å²) in [4.78, 5) is 42.0. The van der Waals surface area contributed by atoms with E-state index in [4.69, 9.17) is 9.47 Å². The summed E-state index contributed by atoms with van der Waals surface area (Å²) in [5.74, 6) is -1.50. The zero-order chi connectivity index (χ0) is 27.2. The Balaban J connectivity index is 1.90. The summed E-state index contributed by atoms with van der Waals surface area (Å²) in [6.07, 6.45) is -2.36. The smallest absolute Gasteiger partial charge is 0.416 e. The number of hydrogen-bond acceptors (Lipinski definition) is 6. The highest BCUT2D eigenvalue weighted by Gasteiger charge is 2.44. The Kier molecular flexibility index (Phi) is 9.32. The molecule has 0 radical (unpaired) electrons. The summed E-state index contributed by atoms with van der Waals surface area (Å²) in [6, 6.07) is 18.3. The number of imide groups is 1. The first kappa shape index (κ1) is 28.2. The Labute approximate surface area is 219 Å². The van der Waals surface area contributed by atoms with Crippen molar-refractivity contribution in [3.05, 3.63) is 71.8 Å². The number of aliphatic hydroxyl groups excluding tert-OH is 1. The number of hydrogen-bond donors (Lipinski definition) is 1. The van der Waals surface area contributed by atoms with E-state index in [0.29, 0.717) is 0 Å². The van der Waals surface area contributed by atoms with E-state index < -0.39 is 41.8 Å². The van der Waals surface area contributed by atoms with Crippen molar-refractivity contribution >= 4 is 18.1 Å². The molecule has 0 aliphatic carbocycles. The van der Waals surface area contributed by atoms with Crippen LogP contribution in [-0.2, 0) is 27.2 Å². The van der Waals surface area contributed by atoms with E-state index in [2.05, 4.69) is 0 Å². The molecule has 0 spiro atoms. The van der Waals surface area contributed by atoms with Crippen LogP contribution in [0.15, 0.2) is 60.7 Å². The van der Waals surface area contributed by atoms with Gasteiger partial charge in [0.05, 0.1) is 24.6 Å². The molecule has 0 unspecified atom stereocenters. The SMILES string of the molecule is CC(C)[C@H]1COC(=O)N1C(=O)[C@@H](Cc1ccccc1)[C@H](O)CN(Cc1ccccc1)C(=O)OC(C)(C)C. The Morgan fingerprint density at radius 2 is 1.62 bits per heavy atom. The molecule has 8 heteroatoms. The van der Waals surface area contributed by atoms with Crippen LogP contribution < -0.4 is 0 Å². The highest BCUT2D eigenvalue weighted by molar-refractivity contribution is 5.95. The minimum atomic E-state index is -1.26. The lowest BCUT2D eigenvalue weighted by Gasteiger charge is -2.33. The molecule has 0 bridgehead atoms. The molecule has 3 rings (SSSR count). The monoisotopic (exact) mass is 510 g/mol. The van der Waals surface area contributed by atoms with E-state index in [1.807, 2.05) is 74.5 Å². The van der Waals surface area contributed by atoms with Gasteiger partial charge in [-0.2, -0.15) is 0 Å². The highest BCUT2D eigenvalue weighted by Crippen LogP contribution is 2.26. The van der Waals surface area contributed by atoms with Crippen molar-refractivity contribution in [3.63, 3.8) is 0 Å². The fraction of sp³-hybridized carbons (Fsp3) is 0.483.